The molecular weight excluding hydrogens is 312 g/mol. The van der Waals surface area contributed by atoms with Gasteiger partial charge in [0.25, 0.3) is 0 Å². The number of hydrogen-bond acceptors (Lipinski definition) is 4. The van der Waals surface area contributed by atoms with Crippen molar-refractivity contribution >= 4 is 17.7 Å². The van der Waals surface area contributed by atoms with Gasteiger partial charge < -0.3 is 9.47 Å². The molecule has 114 valence electrons. The topological polar surface area (TPSA) is 66.0 Å². The summed E-state index contributed by atoms with van der Waals surface area (Å²) in [6.07, 6.45) is 2.98. The van der Waals surface area contributed by atoms with Gasteiger partial charge in [-0.25, -0.2) is 0 Å². The molecule has 0 radical (unpaired) electrons. The van der Waals surface area contributed by atoms with Crippen molar-refractivity contribution < 1.29 is 9.47 Å². The van der Waals surface area contributed by atoms with Crippen LogP contribution in [0.15, 0.2) is 42.5 Å². The number of rotatable bonds is 5. The van der Waals surface area contributed by atoms with Crippen LogP contribution in [0.2, 0.25) is 5.02 Å². The Kier molecular flexibility index (Phi) is 5.63. The Hall–Kier alpha value is -2.95. The van der Waals surface area contributed by atoms with Gasteiger partial charge in [0.05, 0.1) is 29.8 Å². The van der Waals surface area contributed by atoms with Gasteiger partial charge in [-0.3, -0.25) is 0 Å². The molecule has 0 saturated carbocycles. The van der Waals surface area contributed by atoms with Crippen LogP contribution in [0.3, 0.4) is 0 Å². The van der Waals surface area contributed by atoms with Crippen molar-refractivity contribution in [2.45, 2.75) is 6.61 Å². The third-order valence-electron chi connectivity index (χ3n) is 3.11. The zero-order valence-electron chi connectivity index (χ0n) is 12.4. The van der Waals surface area contributed by atoms with E-state index >= 15 is 0 Å². The van der Waals surface area contributed by atoms with Crippen molar-refractivity contribution in [2.75, 3.05) is 7.11 Å². The van der Waals surface area contributed by atoms with Crippen LogP contribution in [0.25, 0.3) is 6.08 Å². The molecule has 0 unspecified atom stereocenters. The first-order valence-corrected chi connectivity index (χ1v) is 7.12. The fraction of sp³-hybridized carbons (Fsp3) is 0.111. The quantitative estimate of drug-likeness (QED) is 0.767. The monoisotopic (exact) mass is 324 g/mol. The summed E-state index contributed by atoms with van der Waals surface area (Å²) in [6, 6.07) is 14.6. The molecule has 5 heteroatoms. The Morgan fingerprint density at radius 1 is 1.22 bits per heavy atom. The molecule has 0 aliphatic rings. The minimum atomic E-state index is 0.202. The van der Waals surface area contributed by atoms with E-state index in [0.29, 0.717) is 22.1 Å². The van der Waals surface area contributed by atoms with E-state index in [2.05, 4.69) is 6.07 Å². The molecular formula is C18H13ClN2O2. The molecule has 0 heterocycles. The van der Waals surface area contributed by atoms with Gasteiger partial charge in [0.15, 0.2) is 11.5 Å². The van der Waals surface area contributed by atoms with Gasteiger partial charge in [-0.1, -0.05) is 29.8 Å². The van der Waals surface area contributed by atoms with E-state index in [0.717, 1.165) is 11.1 Å². The van der Waals surface area contributed by atoms with Crippen molar-refractivity contribution in [3.8, 4) is 23.6 Å². The second kappa shape index (κ2) is 7.89. The number of benzene rings is 2. The number of nitrogens with zero attached hydrogens (tertiary/aromatic N) is 2. The van der Waals surface area contributed by atoms with E-state index in [1.54, 1.807) is 30.3 Å². The van der Waals surface area contributed by atoms with Crippen LogP contribution < -0.4 is 9.47 Å². The van der Waals surface area contributed by atoms with Crippen LogP contribution >= 0.6 is 11.6 Å². The van der Waals surface area contributed by atoms with E-state index in [9.17, 15) is 0 Å². The number of methoxy groups -OCH3 is 1. The van der Waals surface area contributed by atoms with Crippen molar-refractivity contribution in [1.29, 1.82) is 10.5 Å². The minimum absolute atomic E-state index is 0.202. The summed E-state index contributed by atoms with van der Waals surface area (Å²) in [4.78, 5) is 0. The second-order valence-electron chi connectivity index (χ2n) is 4.55. The first-order chi connectivity index (χ1) is 11.2. The summed E-state index contributed by atoms with van der Waals surface area (Å²) < 4.78 is 11.1. The average molecular weight is 325 g/mol. The highest BCUT2D eigenvalue weighted by Gasteiger charge is 2.12. The van der Waals surface area contributed by atoms with E-state index in [-0.39, 0.29) is 6.61 Å². The Morgan fingerprint density at radius 2 is 2.00 bits per heavy atom. The third-order valence-corrected chi connectivity index (χ3v) is 3.39. The molecule has 0 aliphatic carbocycles. The fourth-order valence-electron chi connectivity index (χ4n) is 2.01. The van der Waals surface area contributed by atoms with Gasteiger partial charge in [0.2, 0.25) is 0 Å². The fourth-order valence-corrected chi connectivity index (χ4v) is 2.29. The molecule has 0 bridgehead atoms. The Balaban J connectivity index is 2.28. The van der Waals surface area contributed by atoms with Crippen molar-refractivity contribution in [3.63, 3.8) is 0 Å². The van der Waals surface area contributed by atoms with Gasteiger partial charge in [0.1, 0.15) is 6.61 Å². The van der Waals surface area contributed by atoms with Crippen molar-refractivity contribution in [1.82, 2.24) is 0 Å². The molecule has 0 aromatic heterocycles. The lowest BCUT2D eigenvalue weighted by molar-refractivity contribution is 0.284. The predicted molar refractivity (Wildman–Crippen MR) is 88.1 cm³/mol. The lowest BCUT2D eigenvalue weighted by Gasteiger charge is -2.14. The van der Waals surface area contributed by atoms with Crippen molar-refractivity contribution in [3.05, 3.63) is 64.2 Å². The molecule has 0 amide bonds. The number of hydrogen-bond donors (Lipinski definition) is 0. The van der Waals surface area contributed by atoms with Crippen LogP contribution in [0.4, 0.5) is 0 Å². The Bertz CT molecular complexity index is 817. The summed E-state index contributed by atoms with van der Waals surface area (Å²) in [6.45, 7) is 0.202. The standard InChI is InChI=1S/C18H13ClN2O2/c1-22-17-10-13(5-4-8-20)9-16(19)18(17)23-12-15-7-3-2-6-14(15)11-21/h2-7,9-10H,12H2,1H3/b5-4+. The first-order valence-electron chi connectivity index (χ1n) is 6.74. The number of ether oxygens (including phenoxy) is 2. The van der Waals surface area contributed by atoms with Crippen LogP contribution in [0.5, 0.6) is 11.5 Å². The van der Waals surface area contributed by atoms with E-state index in [1.807, 2.05) is 18.2 Å². The average Bonchev–Trinajstić information content (AvgIpc) is 2.58. The third kappa shape index (κ3) is 4.03. The van der Waals surface area contributed by atoms with E-state index in [4.69, 9.17) is 31.6 Å². The second-order valence-corrected chi connectivity index (χ2v) is 4.96. The van der Waals surface area contributed by atoms with E-state index in [1.165, 1.54) is 13.2 Å². The van der Waals surface area contributed by atoms with Gasteiger partial charge >= 0.3 is 0 Å². The summed E-state index contributed by atoms with van der Waals surface area (Å²) in [5, 5.41) is 18.1. The van der Waals surface area contributed by atoms with Crippen LogP contribution in [-0.4, -0.2) is 7.11 Å². The zero-order chi connectivity index (χ0) is 16.7. The van der Waals surface area contributed by atoms with Crippen LogP contribution in [0.1, 0.15) is 16.7 Å². The summed E-state index contributed by atoms with van der Waals surface area (Å²) >= 11 is 6.25. The molecule has 0 fully saturated rings. The maximum Gasteiger partial charge on any atom is 0.180 e. The van der Waals surface area contributed by atoms with Gasteiger partial charge in [-0.2, -0.15) is 10.5 Å². The van der Waals surface area contributed by atoms with Crippen LogP contribution in [-0.2, 0) is 6.61 Å². The van der Waals surface area contributed by atoms with Crippen molar-refractivity contribution in [2.24, 2.45) is 0 Å². The molecule has 2 rings (SSSR count). The number of halogens is 1. The molecule has 2 aromatic carbocycles. The maximum atomic E-state index is 9.10. The smallest absolute Gasteiger partial charge is 0.180 e. The molecule has 4 nitrogen and oxygen atoms in total. The normalized spacial score (nSPS) is 10.1. The Labute approximate surface area is 139 Å². The highest BCUT2D eigenvalue weighted by Crippen LogP contribution is 2.37. The minimum Gasteiger partial charge on any atom is -0.493 e. The SMILES string of the molecule is COc1cc(/C=C/C#N)cc(Cl)c1OCc1ccccc1C#N. The number of allylic oxidation sites excluding steroid dienone is 1. The molecule has 0 atom stereocenters. The molecule has 0 spiro atoms. The summed E-state index contributed by atoms with van der Waals surface area (Å²) in [5.74, 6) is 0.862. The zero-order valence-corrected chi connectivity index (χ0v) is 13.2. The maximum absolute atomic E-state index is 9.10. The molecule has 0 saturated heterocycles. The Morgan fingerprint density at radius 3 is 2.70 bits per heavy atom. The summed E-state index contributed by atoms with van der Waals surface area (Å²) in [7, 11) is 1.51. The van der Waals surface area contributed by atoms with Gasteiger partial charge in [0, 0.05) is 11.6 Å². The lowest BCUT2D eigenvalue weighted by Crippen LogP contribution is -2.00. The van der Waals surface area contributed by atoms with Gasteiger partial charge in [-0.15, -0.1) is 0 Å². The molecule has 23 heavy (non-hydrogen) atoms. The predicted octanol–water partition coefficient (Wildman–Crippen LogP) is 4.34. The molecule has 0 N–H and O–H groups in total. The first kappa shape index (κ1) is 16.4. The largest absolute Gasteiger partial charge is 0.493 e. The van der Waals surface area contributed by atoms with Gasteiger partial charge in [-0.05, 0) is 29.8 Å². The lowest BCUT2D eigenvalue weighted by atomic mass is 10.1. The highest BCUT2D eigenvalue weighted by molar-refractivity contribution is 6.32. The summed E-state index contributed by atoms with van der Waals surface area (Å²) in [5.41, 5.74) is 2.05. The van der Waals surface area contributed by atoms with E-state index < -0.39 is 0 Å². The number of nitriles is 2. The van der Waals surface area contributed by atoms with Crippen LogP contribution in [0, 0.1) is 22.7 Å². The highest BCUT2D eigenvalue weighted by atomic mass is 35.5. The molecule has 0 aliphatic heterocycles. The molecule has 2 aromatic rings.